The van der Waals surface area contributed by atoms with Crippen LogP contribution in [0.4, 0.5) is 0 Å². The summed E-state index contributed by atoms with van der Waals surface area (Å²) in [6, 6.07) is 87.1. The zero-order valence-electron chi connectivity index (χ0n) is 86.4. The second-order valence-corrected chi connectivity index (χ2v) is 29.4. The maximum Gasteiger partial charge on any atom is 0.229 e. The molecule has 8 atom stereocenters. The molecule has 1 aliphatic heterocycles. The van der Waals surface area contributed by atoms with Crippen LogP contribution in [0.1, 0.15) is 321 Å². The van der Waals surface area contributed by atoms with Crippen LogP contribution in [0.3, 0.4) is 0 Å². The van der Waals surface area contributed by atoms with Crippen molar-refractivity contribution < 1.29 is 38.4 Å². The fourth-order valence-corrected chi connectivity index (χ4v) is 13.8. The molecule has 0 unspecified atom stereocenters. The summed E-state index contributed by atoms with van der Waals surface area (Å²) in [6.07, 6.45) is 6.76. The number of hydrogen-bond donors (Lipinski definition) is 3. The molecular formula is C115H175N5O8S8. The van der Waals surface area contributed by atoms with E-state index in [0.717, 1.165) is 87.7 Å². The lowest BCUT2D eigenvalue weighted by atomic mass is 9.80. The van der Waals surface area contributed by atoms with E-state index in [1.165, 1.54) is 0 Å². The molecule has 1 aliphatic carbocycles. The minimum atomic E-state index is -0.216. The van der Waals surface area contributed by atoms with Crippen molar-refractivity contribution in [2.75, 3.05) is 32.7 Å². The number of Topliss-reactive ketones (excluding diaryl/α,β-unsaturated/α-hetero) is 3. The lowest BCUT2D eigenvalue weighted by molar-refractivity contribution is -0.140. The molecule has 13 nitrogen and oxygen atoms in total. The van der Waals surface area contributed by atoms with Gasteiger partial charge in [-0.2, -0.15) is 108 Å². The van der Waals surface area contributed by atoms with Gasteiger partial charge in [0.1, 0.15) is 17.3 Å². The Labute approximate surface area is 880 Å². The van der Waals surface area contributed by atoms with Crippen LogP contribution >= 0.6 is 108 Å². The first-order valence-electron chi connectivity index (χ1n) is 47.7. The van der Waals surface area contributed by atoms with E-state index in [2.05, 4.69) is 39.6 Å². The second-order valence-electron chi connectivity index (χ2n) is 29.4. The normalized spacial score (nSPS) is 13.2. The van der Waals surface area contributed by atoms with Crippen LogP contribution in [0.5, 0.6) is 0 Å². The average Bonchev–Trinajstić information content (AvgIpc) is 0.820. The van der Waals surface area contributed by atoms with E-state index in [1.54, 1.807) is 0 Å². The number of amides is 5. The van der Waals surface area contributed by atoms with Gasteiger partial charge in [0, 0.05) is 82.2 Å². The van der Waals surface area contributed by atoms with Gasteiger partial charge in [0.2, 0.25) is 29.5 Å². The van der Waals surface area contributed by atoms with Crippen molar-refractivity contribution in [2.24, 2.45) is 5.92 Å². The quantitative estimate of drug-likeness (QED) is 0.0426. The van der Waals surface area contributed by atoms with Crippen molar-refractivity contribution in [1.29, 1.82) is 0 Å². The first-order chi connectivity index (χ1) is 62.3. The smallest absolute Gasteiger partial charge is 0.229 e. The molecule has 0 radical (unpaired) electrons. The number of ketones is 3. The van der Waals surface area contributed by atoms with Gasteiger partial charge in [0.15, 0.2) is 0 Å². The van der Waals surface area contributed by atoms with E-state index < -0.39 is 0 Å². The Kier molecular flexibility index (Phi) is 97.4. The number of rotatable bonds is 27. The van der Waals surface area contributed by atoms with E-state index in [4.69, 9.17) is 0 Å². The molecule has 756 valence electrons. The number of carbonyl (C=O) groups excluding carboxylic acids is 8. The number of nitrogens with zero attached hydrogens (tertiary/aromatic N) is 2. The SMILES string of the molecule is CC.CC.CC.CC.CC.CC.CC.CC.C[C@H](C(=O)CC1CCC(NC(=O)[C@@H](C)c2ccccc2)CC1)c1ccccc1.C[C@H](C(=O)CCC#CC#CCNC(=O)[C@@H](C)c1ccccc1)c1ccccc1.C[C@H](C(=O)CCc1ccc(CNC(=O)[C@@H](C)c2ccccc2)cc1)c1ccccc1.C[C@H](C(=O)N1CCN(C(=O)[C@@H](C)c2ccccc2)CC1)c1ccccc1.S.S.S.S.S.S.S.S. The third-order valence-electron chi connectivity index (χ3n) is 21.6. The Bertz CT molecular complexity index is 4270. The Morgan fingerprint density at radius 2 is 0.537 bits per heavy atom. The van der Waals surface area contributed by atoms with Crippen molar-refractivity contribution in [3.63, 3.8) is 0 Å². The second kappa shape index (κ2) is 91.4. The first kappa shape index (κ1) is 145. The van der Waals surface area contributed by atoms with E-state index in [0.29, 0.717) is 70.1 Å². The summed E-state index contributed by atoms with van der Waals surface area (Å²) in [5.41, 5.74) is 10.5. The highest BCUT2D eigenvalue weighted by molar-refractivity contribution is 7.60. The van der Waals surface area contributed by atoms with Crippen LogP contribution in [0.2, 0.25) is 0 Å². The molecule has 2 fully saturated rings. The molecule has 9 aromatic rings. The Balaban J connectivity index is -0.000000211. The van der Waals surface area contributed by atoms with E-state index in [9.17, 15) is 38.4 Å². The van der Waals surface area contributed by atoms with Gasteiger partial charge in [-0.1, -0.05) is 410 Å². The van der Waals surface area contributed by atoms with E-state index in [-0.39, 0.29) is 209 Å². The fourth-order valence-electron chi connectivity index (χ4n) is 13.8. The summed E-state index contributed by atoms with van der Waals surface area (Å²) in [6.45, 7) is 50.7. The van der Waals surface area contributed by atoms with Gasteiger partial charge in [-0.3, -0.25) is 38.4 Å². The summed E-state index contributed by atoms with van der Waals surface area (Å²) < 4.78 is 0. The maximum absolute atomic E-state index is 12.8. The van der Waals surface area contributed by atoms with Crippen LogP contribution in [0.15, 0.2) is 267 Å². The monoisotopic (exact) mass is 2010 g/mol. The van der Waals surface area contributed by atoms with Crippen molar-refractivity contribution >= 4 is 155 Å². The number of aryl methyl sites for hydroxylation is 1. The number of piperazine rings is 1. The minimum Gasteiger partial charge on any atom is -0.353 e. The van der Waals surface area contributed by atoms with Crippen LogP contribution in [0.25, 0.3) is 0 Å². The molecule has 0 spiro atoms. The van der Waals surface area contributed by atoms with Gasteiger partial charge in [-0.25, -0.2) is 0 Å². The number of hydrogen-bond acceptors (Lipinski definition) is 8. The van der Waals surface area contributed by atoms with Gasteiger partial charge in [-0.15, -0.1) is 0 Å². The Hall–Kier alpha value is -8.74. The molecule has 0 aromatic heterocycles. The molecule has 11 rings (SSSR count). The Morgan fingerprint density at radius 1 is 0.287 bits per heavy atom. The van der Waals surface area contributed by atoms with Gasteiger partial charge in [0.05, 0.1) is 36.1 Å². The van der Waals surface area contributed by atoms with Gasteiger partial charge < -0.3 is 25.8 Å². The van der Waals surface area contributed by atoms with Crippen LogP contribution < -0.4 is 16.0 Å². The molecule has 3 N–H and O–H groups in total. The summed E-state index contributed by atoms with van der Waals surface area (Å²) >= 11 is 0. The molecule has 5 amide bonds. The third kappa shape index (κ3) is 55.7. The lowest BCUT2D eigenvalue weighted by Crippen LogP contribution is -2.52. The van der Waals surface area contributed by atoms with E-state index in [1.807, 2.05) is 443 Å². The van der Waals surface area contributed by atoms with Crippen LogP contribution in [-0.2, 0) is 51.3 Å². The first-order valence-corrected chi connectivity index (χ1v) is 47.7. The summed E-state index contributed by atoms with van der Waals surface area (Å²) in [5.74, 6) is 11.7. The predicted molar refractivity (Wildman–Crippen MR) is 624 cm³/mol. The molecule has 136 heavy (non-hydrogen) atoms. The molecular weight excluding hydrogens is 1840 g/mol. The Morgan fingerprint density at radius 3 is 0.846 bits per heavy atom. The lowest BCUT2D eigenvalue weighted by Gasteiger charge is -2.37. The van der Waals surface area contributed by atoms with E-state index >= 15 is 0 Å². The molecule has 1 heterocycles. The van der Waals surface area contributed by atoms with Crippen molar-refractivity contribution in [1.82, 2.24) is 25.8 Å². The van der Waals surface area contributed by atoms with Crippen molar-refractivity contribution in [2.45, 2.75) is 284 Å². The summed E-state index contributed by atoms with van der Waals surface area (Å²) in [4.78, 5) is 104. The zero-order chi connectivity index (χ0) is 96.0. The number of nitrogens with one attached hydrogen (secondary N) is 3. The third-order valence-corrected chi connectivity index (χ3v) is 21.6. The zero-order valence-corrected chi connectivity index (χ0v) is 94.4. The summed E-state index contributed by atoms with van der Waals surface area (Å²) in [7, 11) is 0. The summed E-state index contributed by atoms with van der Waals surface area (Å²) in [5, 5.41) is 9.01. The fraction of sp³-hybridized carbons (Fsp3) is 0.426. The molecule has 21 heteroatoms. The highest BCUT2D eigenvalue weighted by Gasteiger charge is 2.31. The average molecular weight is 2010 g/mol. The molecule has 1 saturated carbocycles. The largest absolute Gasteiger partial charge is 0.353 e. The van der Waals surface area contributed by atoms with Crippen molar-refractivity contribution in [3.05, 3.63) is 323 Å². The number of benzene rings is 9. The topological polar surface area (TPSA) is 179 Å². The standard InChI is InChI=1S/C27H29NO2.C25H31NO2.C25H25NO2.C22H26N2O2.8C2H6.8H2S/c1-20(24-9-5-3-6-10-24)26(29)18-17-22-13-15-23(16-14-22)19-28-27(30)21(2)25-11-7-4-8-12-25;1-18(21-9-5-3-6-10-21)24(27)17-20-13-15-23(16-14-20)26-25(28)19(2)22-11-7-4-8-12-22;1-20(22-14-8-6-9-15-22)24(27)18-12-4-3-5-13-19-26-25(28)21(2)23-16-10-7-11-17-23;1-17(19-9-5-3-6-10-19)21(25)23-13-15-24(16-14-23)22(26)18(2)20-11-7-4-8-12-20;8*1-2;;;;;;;;/h3-16,20-21H,17-19H2,1-2H3,(H,28,30);3-12,18-20,23H,13-17H2,1-2H3,(H,26,28);6-11,14-17,20-21H,12,18-19H2,1-2H3,(H,26,28);3-12,17-18H,13-16H2,1-2H3;8*1-2H3;8*1H2/t20-,21-;18-,19-,20?,23?;20-,21-;17-,18-;;;;;;;;;;;;;;;;/m0000................/s1. The molecule has 9 aromatic carbocycles. The van der Waals surface area contributed by atoms with Crippen molar-refractivity contribution in [3.8, 4) is 23.7 Å². The molecule has 1 saturated heterocycles. The molecule has 2 aliphatic rings. The predicted octanol–water partition coefficient (Wildman–Crippen LogP) is 27.1. The van der Waals surface area contributed by atoms with Crippen LogP contribution in [-0.4, -0.2) is 95.5 Å². The van der Waals surface area contributed by atoms with Crippen LogP contribution in [0, 0.1) is 29.6 Å². The van der Waals surface area contributed by atoms with Gasteiger partial charge >= 0.3 is 0 Å². The van der Waals surface area contributed by atoms with Gasteiger partial charge in [0.25, 0.3) is 0 Å². The van der Waals surface area contributed by atoms with Gasteiger partial charge in [-0.05, 0) is 140 Å². The molecule has 0 bridgehead atoms. The minimum absolute atomic E-state index is 0. The number of carbonyl (C=O) groups is 8. The highest BCUT2D eigenvalue weighted by atomic mass is 32.1. The highest BCUT2D eigenvalue weighted by Crippen LogP contribution is 2.32. The maximum atomic E-state index is 12.8.